The molecule has 5 nitrogen and oxygen atoms in total. The molecule has 120 valence electrons. The maximum atomic E-state index is 12.0. The van der Waals surface area contributed by atoms with Crippen LogP contribution in [0.4, 0.5) is 5.69 Å². The average Bonchev–Trinajstić information content (AvgIpc) is 2.88. The fraction of sp³-hybridized carbons (Fsp3) is 0.467. The van der Waals surface area contributed by atoms with Gasteiger partial charge in [-0.05, 0) is 32.2 Å². The maximum absolute atomic E-state index is 12.0. The van der Waals surface area contributed by atoms with Gasteiger partial charge < -0.3 is 9.64 Å². The van der Waals surface area contributed by atoms with E-state index in [-0.39, 0.29) is 17.4 Å². The van der Waals surface area contributed by atoms with E-state index < -0.39 is 0 Å². The highest BCUT2D eigenvalue weighted by Gasteiger charge is 2.38. The Morgan fingerprint density at radius 3 is 2.95 bits per heavy atom. The van der Waals surface area contributed by atoms with E-state index in [1.54, 1.807) is 23.7 Å². The van der Waals surface area contributed by atoms with Gasteiger partial charge in [0.25, 0.3) is 0 Å². The van der Waals surface area contributed by atoms with Crippen molar-refractivity contribution in [1.29, 1.82) is 0 Å². The summed E-state index contributed by atoms with van der Waals surface area (Å²) in [6.07, 6.45) is 0.787. The van der Waals surface area contributed by atoms with Gasteiger partial charge in [0, 0.05) is 28.5 Å². The number of likely N-dealkylation sites (N-methyl/N-ethyl adjacent to an activating group) is 1. The highest BCUT2D eigenvalue weighted by Crippen LogP contribution is 2.44. The molecule has 2 unspecified atom stereocenters. The molecule has 0 N–H and O–H groups in total. The molecule has 7 heteroatoms. The summed E-state index contributed by atoms with van der Waals surface area (Å²) in [4.78, 5) is 26.7. The van der Waals surface area contributed by atoms with Crippen LogP contribution >= 0.6 is 27.7 Å². The first-order valence-electron chi connectivity index (χ1n) is 6.97. The fourth-order valence-corrected chi connectivity index (χ4v) is 4.33. The van der Waals surface area contributed by atoms with Crippen molar-refractivity contribution in [3.63, 3.8) is 0 Å². The van der Waals surface area contributed by atoms with Gasteiger partial charge in [0.1, 0.15) is 6.04 Å². The second-order valence-corrected chi connectivity index (χ2v) is 7.07. The molecule has 1 aliphatic rings. The number of nitrogens with zero attached hydrogens (tertiary/aromatic N) is 2. The van der Waals surface area contributed by atoms with Crippen LogP contribution in [0.1, 0.15) is 17.9 Å². The Labute approximate surface area is 143 Å². The quantitative estimate of drug-likeness (QED) is 0.574. The number of benzene rings is 1. The van der Waals surface area contributed by atoms with E-state index in [1.807, 2.05) is 37.1 Å². The van der Waals surface area contributed by atoms with Crippen LogP contribution in [0.2, 0.25) is 0 Å². The summed E-state index contributed by atoms with van der Waals surface area (Å²) in [6, 6.07) is 5.54. The Hall–Kier alpha value is -1.05. The van der Waals surface area contributed by atoms with Gasteiger partial charge in [-0.15, -0.1) is 11.8 Å². The summed E-state index contributed by atoms with van der Waals surface area (Å²) in [7, 11) is 3.64. The summed E-state index contributed by atoms with van der Waals surface area (Å²) < 4.78 is 6.08. The van der Waals surface area contributed by atoms with Crippen molar-refractivity contribution in [2.75, 3.05) is 31.4 Å². The lowest BCUT2D eigenvalue weighted by Crippen LogP contribution is -2.37. The van der Waals surface area contributed by atoms with E-state index >= 15 is 0 Å². The van der Waals surface area contributed by atoms with Crippen molar-refractivity contribution >= 4 is 45.8 Å². The number of anilines is 1. The molecular weight excluding hydrogens is 368 g/mol. The van der Waals surface area contributed by atoms with Gasteiger partial charge in [-0.3, -0.25) is 14.5 Å². The van der Waals surface area contributed by atoms with E-state index in [2.05, 4.69) is 15.9 Å². The first-order valence-corrected chi connectivity index (χ1v) is 8.81. The van der Waals surface area contributed by atoms with Crippen molar-refractivity contribution < 1.29 is 14.3 Å². The zero-order chi connectivity index (χ0) is 16.3. The molecule has 0 aromatic heterocycles. The number of hydrogen-bond acceptors (Lipinski definition) is 5. The number of carbonyl (C=O) groups is 2. The first kappa shape index (κ1) is 17.3. The highest BCUT2D eigenvalue weighted by molar-refractivity contribution is 9.10. The van der Waals surface area contributed by atoms with Crippen LogP contribution in [0, 0.1) is 0 Å². The van der Waals surface area contributed by atoms with Gasteiger partial charge in [-0.2, -0.15) is 0 Å². The van der Waals surface area contributed by atoms with Crippen LogP contribution in [0.5, 0.6) is 0 Å². The van der Waals surface area contributed by atoms with Crippen molar-refractivity contribution in [3.05, 3.63) is 28.2 Å². The Morgan fingerprint density at radius 1 is 1.59 bits per heavy atom. The number of carbonyl (C=O) groups excluding carboxylic acids is 2. The summed E-state index contributed by atoms with van der Waals surface area (Å²) in [5, 5.41) is 0.00399. The Bertz CT molecular complexity index is 570. The molecule has 1 amide bonds. The minimum absolute atomic E-state index is 0.00399. The van der Waals surface area contributed by atoms with E-state index in [0.29, 0.717) is 12.4 Å². The predicted octanol–water partition coefficient (Wildman–Crippen LogP) is 2.65. The second kappa shape index (κ2) is 7.48. The average molecular weight is 387 g/mol. The summed E-state index contributed by atoms with van der Waals surface area (Å²) in [6.45, 7) is 2.19. The zero-order valence-electron chi connectivity index (χ0n) is 12.8. The lowest BCUT2D eigenvalue weighted by molar-refractivity contribution is -0.147. The number of rotatable bonds is 5. The third-order valence-electron chi connectivity index (χ3n) is 3.63. The van der Waals surface area contributed by atoms with Gasteiger partial charge in [-0.1, -0.05) is 15.9 Å². The van der Waals surface area contributed by atoms with E-state index in [1.165, 1.54) is 0 Å². The van der Waals surface area contributed by atoms with E-state index in [9.17, 15) is 9.59 Å². The monoisotopic (exact) mass is 386 g/mol. The molecule has 0 bridgehead atoms. The van der Waals surface area contributed by atoms with Gasteiger partial charge in [-0.25, -0.2) is 0 Å². The van der Waals surface area contributed by atoms with Crippen molar-refractivity contribution in [2.24, 2.45) is 0 Å². The molecule has 1 saturated heterocycles. The lowest BCUT2D eigenvalue weighted by Gasteiger charge is -2.27. The Kier molecular flexibility index (Phi) is 5.88. The number of thioether (sulfide) groups is 1. The molecule has 0 spiro atoms. The van der Waals surface area contributed by atoms with Crippen LogP contribution in [-0.4, -0.2) is 49.8 Å². The Balaban J connectivity index is 2.31. The number of amides is 1. The van der Waals surface area contributed by atoms with Gasteiger partial charge in [0.2, 0.25) is 6.41 Å². The molecule has 0 saturated carbocycles. The highest BCUT2D eigenvalue weighted by atomic mass is 79.9. The summed E-state index contributed by atoms with van der Waals surface area (Å²) >= 11 is 5.16. The first-order chi connectivity index (χ1) is 10.5. The number of esters is 1. The molecule has 2 rings (SSSR count). The van der Waals surface area contributed by atoms with Crippen LogP contribution in [0.3, 0.4) is 0 Å². The normalized spacial score (nSPS) is 21.6. The van der Waals surface area contributed by atoms with Crippen molar-refractivity contribution in [2.45, 2.75) is 18.3 Å². The SMILES string of the molecule is CCOC(=O)C1CSC(c2cc(Br)ccc2N(C)C=O)N1C. The molecule has 2 atom stereocenters. The molecule has 0 radical (unpaired) electrons. The predicted molar refractivity (Wildman–Crippen MR) is 92.0 cm³/mol. The van der Waals surface area contributed by atoms with Gasteiger partial charge in [0.05, 0.1) is 12.0 Å². The number of halogens is 1. The molecule has 1 aromatic carbocycles. The minimum Gasteiger partial charge on any atom is -0.465 e. The topological polar surface area (TPSA) is 49.9 Å². The summed E-state index contributed by atoms with van der Waals surface area (Å²) in [5.74, 6) is 0.483. The smallest absolute Gasteiger partial charge is 0.324 e. The number of hydrogen-bond donors (Lipinski definition) is 0. The molecule has 1 fully saturated rings. The third-order valence-corrected chi connectivity index (χ3v) is 5.53. The molecule has 1 aromatic rings. The zero-order valence-corrected chi connectivity index (χ0v) is 15.2. The van der Waals surface area contributed by atoms with E-state index in [0.717, 1.165) is 22.1 Å². The summed E-state index contributed by atoms with van der Waals surface area (Å²) in [5.41, 5.74) is 1.84. The molecule has 22 heavy (non-hydrogen) atoms. The molecule has 1 heterocycles. The lowest BCUT2D eigenvalue weighted by atomic mass is 10.1. The fourth-order valence-electron chi connectivity index (χ4n) is 2.46. The molecule has 1 aliphatic heterocycles. The van der Waals surface area contributed by atoms with Gasteiger partial charge >= 0.3 is 5.97 Å². The van der Waals surface area contributed by atoms with Crippen LogP contribution in [-0.2, 0) is 14.3 Å². The van der Waals surface area contributed by atoms with Crippen molar-refractivity contribution in [1.82, 2.24) is 4.90 Å². The van der Waals surface area contributed by atoms with Gasteiger partial charge in [0.15, 0.2) is 0 Å². The largest absolute Gasteiger partial charge is 0.465 e. The minimum atomic E-state index is -0.261. The van der Waals surface area contributed by atoms with E-state index in [4.69, 9.17) is 4.74 Å². The molecule has 0 aliphatic carbocycles. The van der Waals surface area contributed by atoms with Crippen LogP contribution in [0.15, 0.2) is 22.7 Å². The second-order valence-electron chi connectivity index (χ2n) is 5.04. The molecular formula is C15H19BrN2O3S. The number of ether oxygens (including phenoxy) is 1. The maximum Gasteiger partial charge on any atom is 0.324 e. The standard InChI is InChI=1S/C15H19BrN2O3S/c1-4-21-15(20)13-8-22-14(18(13)3)11-7-10(16)5-6-12(11)17(2)9-19/h5-7,9,13-14H,4,8H2,1-3H3. The Morgan fingerprint density at radius 2 is 2.32 bits per heavy atom. The van der Waals surface area contributed by atoms with Crippen molar-refractivity contribution in [3.8, 4) is 0 Å². The van der Waals surface area contributed by atoms with Crippen LogP contribution < -0.4 is 4.90 Å². The van der Waals surface area contributed by atoms with Crippen LogP contribution in [0.25, 0.3) is 0 Å². The third kappa shape index (κ3) is 3.47.